The second-order valence-electron chi connectivity index (χ2n) is 6.78. The van der Waals surface area contributed by atoms with Crippen LogP contribution in [0.5, 0.6) is 0 Å². The Labute approximate surface area is 178 Å². The fourth-order valence-electron chi connectivity index (χ4n) is 3.15. The van der Waals surface area contributed by atoms with Crippen molar-refractivity contribution < 1.29 is 13.2 Å². The molecule has 0 aliphatic carbocycles. The highest BCUT2D eigenvalue weighted by atomic mass is 32.2. The van der Waals surface area contributed by atoms with Gasteiger partial charge in [0.2, 0.25) is 0 Å². The molecule has 4 rings (SSSR count). The number of carbonyl (C=O) groups excluding carboxylic acids is 1. The third kappa shape index (κ3) is 3.92. The normalized spacial score (nSPS) is 12.3. The van der Waals surface area contributed by atoms with E-state index in [0.717, 1.165) is 15.8 Å². The first-order valence-electron chi connectivity index (χ1n) is 9.17. The van der Waals surface area contributed by atoms with E-state index in [2.05, 4.69) is 9.71 Å². The number of carbonyl (C=O) groups is 1. The average Bonchev–Trinajstić information content (AvgIpc) is 3.05. The quantitative estimate of drug-likeness (QED) is 0.522. The average molecular weight is 438 g/mol. The highest BCUT2D eigenvalue weighted by Crippen LogP contribution is 2.20. The molecule has 0 saturated heterocycles. The molecule has 0 unspecified atom stereocenters. The van der Waals surface area contributed by atoms with Crippen LogP contribution in [0.4, 0.5) is 5.69 Å². The number of nitrogens with one attached hydrogen (secondary N) is 1. The van der Waals surface area contributed by atoms with Gasteiger partial charge in [-0.05, 0) is 55.0 Å². The molecule has 1 amide bonds. The second kappa shape index (κ2) is 7.89. The monoisotopic (exact) mass is 437 g/mol. The molecule has 30 heavy (non-hydrogen) atoms. The predicted molar refractivity (Wildman–Crippen MR) is 119 cm³/mol. The molecule has 0 radical (unpaired) electrons. The molecular formula is C22H19N3O3S2. The fourth-order valence-corrected chi connectivity index (χ4v) is 5.32. The summed E-state index contributed by atoms with van der Waals surface area (Å²) >= 11 is 1.45. The van der Waals surface area contributed by atoms with Crippen LogP contribution in [0.15, 0.2) is 82.7 Å². The molecule has 4 aromatic rings. The molecule has 6 nitrogen and oxygen atoms in total. The number of hydrogen-bond donors (Lipinski definition) is 1. The van der Waals surface area contributed by atoms with Crippen molar-refractivity contribution in [1.82, 2.24) is 4.57 Å². The van der Waals surface area contributed by atoms with Crippen molar-refractivity contribution in [2.24, 2.45) is 12.0 Å². The number of aromatic nitrogens is 1. The SMILES string of the molecule is Cc1cccc2sc(=NC(=O)c3ccc(NS(=O)(=O)c4ccccc4)cc3)n(C)c12. The minimum absolute atomic E-state index is 0.174. The Morgan fingerprint density at radius 2 is 1.67 bits per heavy atom. The third-order valence-electron chi connectivity index (χ3n) is 4.66. The van der Waals surface area contributed by atoms with Crippen LogP contribution >= 0.6 is 11.3 Å². The van der Waals surface area contributed by atoms with Gasteiger partial charge in [0, 0.05) is 18.3 Å². The molecule has 8 heteroatoms. The van der Waals surface area contributed by atoms with Gasteiger partial charge in [0.05, 0.1) is 15.1 Å². The van der Waals surface area contributed by atoms with Crippen LogP contribution in [-0.2, 0) is 17.1 Å². The van der Waals surface area contributed by atoms with E-state index in [0.29, 0.717) is 16.1 Å². The maximum Gasteiger partial charge on any atom is 0.279 e. The smallest absolute Gasteiger partial charge is 0.279 e. The minimum Gasteiger partial charge on any atom is -0.319 e. The second-order valence-corrected chi connectivity index (χ2v) is 9.47. The van der Waals surface area contributed by atoms with E-state index in [-0.39, 0.29) is 10.8 Å². The van der Waals surface area contributed by atoms with Gasteiger partial charge >= 0.3 is 0 Å². The zero-order valence-corrected chi connectivity index (χ0v) is 18.0. The van der Waals surface area contributed by atoms with Crippen LogP contribution in [0.1, 0.15) is 15.9 Å². The van der Waals surface area contributed by atoms with Crippen molar-refractivity contribution in [3.8, 4) is 0 Å². The maximum absolute atomic E-state index is 12.6. The molecule has 0 aliphatic rings. The van der Waals surface area contributed by atoms with Gasteiger partial charge < -0.3 is 4.57 Å². The Balaban J connectivity index is 1.59. The molecule has 1 N–H and O–H groups in total. The lowest BCUT2D eigenvalue weighted by Crippen LogP contribution is -2.14. The Morgan fingerprint density at radius 1 is 0.967 bits per heavy atom. The number of sulfonamides is 1. The van der Waals surface area contributed by atoms with Crippen LogP contribution in [-0.4, -0.2) is 18.9 Å². The molecule has 0 atom stereocenters. The molecule has 1 aromatic heterocycles. The summed E-state index contributed by atoms with van der Waals surface area (Å²) in [5.41, 5.74) is 2.93. The van der Waals surface area contributed by atoms with E-state index in [1.165, 1.54) is 23.5 Å². The number of hydrogen-bond acceptors (Lipinski definition) is 4. The number of nitrogens with zero attached hydrogens (tertiary/aromatic N) is 2. The number of para-hydroxylation sites is 1. The van der Waals surface area contributed by atoms with Crippen molar-refractivity contribution in [2.75, 3.05) is 4.72 Å². The zero-order valence-electron chi connectivity index (χ0n) is 16.4. The number of amides is 1. The first kappa shape index (κ1) is 20.1. The molecule has 1 heterocycles. The van der Waals surface area contributed by atoms with Gasteiger partial charge in [0.25, 0.3) is 15.9 Å². The predicted octanol–water partition coefficient (Wildman–Crippen LogP) is 4.09. The number of benzene rings is 3. The number of anilines is 1. The van der Waals surface area contributed by atoms with E-state index in [1.54, 1.807) is 42.5 Å². The lowest BCUT2D eigenvalue weighted by Gasteiger charge is -2.08. The molecular weight excluding hydrogens is 418 g/mol. The molecule has 0 aliphatic heterocycles. The van der Waals surface area contributed by atoms with E-state index >= 15 is 0 Å². The van der Waals surface area contributed by atoms with E-state index in [1.807, 2.05) is 36.7 Å². The van der Waals surface area contributed by atoms with Crippen molar-refractivity contribution >= 4 is 43.2 Å². The molecule has 0 saturated carbocycles. The Bertz CT molecular complexity index is 1400. The summed E-state index contributed by atoms with van der Waals surface area (Å²) < 4.78 is 30.3. The van der Waals surface area contributed by atoms with Gasteiger partial charge in [-0.1, -0.05) is 41.7 Å². The van der Waals surface area contributed by atoms with Gasteiger partial charge in [-0.15, -0.1) is 0 Å². The largest absolute Gasteiger partial charge is 0.319 e. The van der Waals surface area contributed by atoms with Crippen molar-refractivity contribution in [3.63, 3.8) is 0 Å². The summed E-state index contributed by atoms with van der Waals surface area (Å²) in [6.07, 6.45) is 0. The first-order chi connectivity index (χ1) is 14.3. The van der Waals surface area contributed by atoms with E-state index in [9.17, 15) is 13.2 Å². The Morgan fingerprint density at radius 3 is 2.33 bits per heavy atom. The van der Waals surface area contributed by atoms with Gasteiger partial charge in [0.1, 0.15) is 0 Å². The highest BCUT2D eigenvalue weighted by molar-refractivity contribution is 7.92. The lowest BCUT2D eigenvalue weighted by molar-refractivity contribution is 0.0998. The van der Waals surface area contributed by atoms with Gasteiger partial charge in [0.15, 0.2) is 4.80 Å². The summed E-state index contributed by atoms with van der Waals surface area (Å²) in [4.78, 5) is 17.7. The number of thiazole rings is 1. The van der Waals surface area contributed by atoms with Crippen molar-refractivity contribution in [3.05, 3.63) is 88.7 Å². The Kier molecular flexibility index (Phi) is 5.27. The number of fused-ring (bicyclic) bond motifs is 1. The van der Waals surface area contributed by atoms with E-state index in [4.69, 9.17) is 0 Å². The van der Waals surface area contributed by atoms with Crippen LogP contribution < -0.4 is 9.52 Å². The molecule has 0 spiro atoms. The summed E-state index contributed by atoms with van der Waals surface area (Å²) in [7, 11) is -1.79. The van der Waals surface area contributed by atoms with Crippen LogP contribution in [0.3, 0.4) is 0 Å². The van der Waals surface area contributed by atoms with Crippen LogP contribution in [0, 0.1) is 6.92 Å². The fraction of sp³-hybridized carbons (Fsp3) is 0.0909. The summed E-state index contributed by atoms with van der Waals surface area (Å²) in [6.45, 7) is 2.02. The molecule has 0 bridgehead atoms. The van der Waals surface area contributed by atoms with Crippen LogP contribution in [0.25, 0.3) is 10.2 Å². The maximum atomic E-state index is 12.6. The molecule has 152 valence electrons. The van der Waals surface area contributed by atoms with Gasteiger partial charge in [-0.2, -0.15) is 4.99 Å². The van der Waals surface area contributed by atoms with Gasteiger partial charge in [-0.25, -0.2) is 8.42 Å². The van der Waals surface area contributed by atoms with Gasteiger partial charge in [-0.3, -0.25) is 9.52 Å². The zero-order chi connectivity index (χ0) is 21.3. The van der Waals surface area contributed by atoms with E-state index < -0.39 is 10.0 Å². The number of rotatable bonds is 4. The van der Waals surface area contributed by atoms with Crippen LogP contribution in [0.2, 0.25) is 0 Å². The molecule has 0 fully saturated rings. The standard InChI is InChI=1S/C22H19N3O3S2/c1-15-7-6-10-19-20(15)25(2)22(29-19)23-21(26)16-11-13-17(14-12-16)24-30(27,28)18-8-4-3-5-9-18/h3-14,24H,1-2H3. The number of aryl methyl sites for hydroxylation is 2. The first-order valence-corrected chi connectivity index (χ1v) is 11.5. The minimum atomic E-state index is -3.68. The summed E-state index contributed by atoms with van der Waals surface area (Å²) in [5, 5.41) is 0. The third-order valence-corrected chi connectivity index (χ3v) is 7.15. The van der Waals surface area contributed by atoms with Crippen molar-refractivity contribution in [2.45, 2.75) is 11.8 Å². The highest BCUT2D eigenvalue weighted by Gasteiger charge is 2.14. The van der Waals surface area contributed by atoms with Crippen molar-refractivity contribution in [1.29, 1.82) is 0 Å². The lowest BCUT2D eigenvalue weighted by atomic mass is 10.2. The topological polar surface area (TPSA) is 80.5 Å². The molecule has 3 aromatic carbocycles. The summed E-state index contributed by atoms with van der Waals surface area (Å²) in [6, 6.07) is 20.4. The Hall–Kier alpha value is -3.23. The summed E-state index contributed by atoms with van der Waals surface area (Å²) in [5.74, 6) is -0.382.